The number of ether oxygens (including phenoxy) is 2. The molecule has 0 spiro atoms. The molecule has 1 N–H and O–H groups in total. The number of nitro benzene ring substituents is 1. The molecule has 144 valence electrons. The van der Waals surface area contributed by atoms with Gasteiger partial charge < -0.3 is 14.8 Å². The summed E-state index contributed by atoms with van der Waals surface area (Å²) in [5.74, 6) is 0.187. The Hall–Kier alpha value is -2.80. The first-order chi connectivity index (χ1) is 12.9. The van der Waals surface area contributed by atoms with Crippen molar-refractivity contribution in [2.24, 2.45) is 0 Å². The van der Waals surface area contributed by atoms with Crippen molar-refractivity contribution in [3.63, 3.8) is 0 Å². The molecule has 0 radical (unpaired) electrons. The van der Waals surface area contributed by atoms with Crippen LogP contribution in [-0.4, -0.2) is 24.0 Å². The van der Waals surface area contributed by atoms with Crippen molar-refractivity contribution in [2.45, 2.75) is 27.2 Å². The van der Waals surface area contributed by atoms with Gasteiger partial charge in [-0.1, -0.05) is 24.6 Å². The molecule has 2 aromatic rings. The molecular formula is C19H21ClN2O5. The molecule has 0 bridgehead atoms. The van der Waals surface area contributed by atoms with Gasteiger partial charge in [0.2, 0.25) is 0 Å². The summed E-state index contributed by atoms with van der Waals surface area (Å²) >= 11 is 6.26. The number of rotatable bonds is 8. The summed E-state index contributed by atoms with van der Waals surface area (Å²) < 4.78 is 11.1. The number of nitro groups is 1. The highest BCUT2D eigenvalue weighted by Crippen LogP contribution is 2.37. The maximum Gasteiger partial charge on any atom is 0.293 e. The van der Waals surface area contributed by atoms with Crippen molar-refractivity contribution in [2.75, 3.05) is 18.5 Å². The summed E-state index contributed by atoms with van der Waals surface area (Å²) in [5, 5.41) is 14.0. The molecule has 0 aliphatic carbocycles. The number of aryl methyl sites for hydroxylation is 1. The van der Waals surface area contributed by atoms with Crippen molar-refractivity contribution >= 4 is 28.9 Å². The van der Waals surface area contributed by atoms with Gasteiger partial charge in [-0.25, -0.2) is 0 Å². The van der Waals surface area contributed by atoms with Crippen LogP contribution in [0.2, 0.25) is 5.02 Å². The smallest absolute Gasteiger partial charge is 0.293 e. The molecule has 0 atom stereocenters. The summed E-state index contributed by atoms with van der Waals surface area (Å²) in [4.78, 5) is 23.3. The van der Waals surface area contributed by atoms with Crippen molar-refractivity contribution in [1.29, 1.82) is 0 Å². The molecule has 0 fully saturated rings. The molecule has 0 aliphatic rings. The Kier molecular flexibility index (Phi) is 7.01. The number of hydrogen-bond acceptors (Lipinski definition) is 5. The number of carbonyl (C=O) groups excluding carboxylic acids is 1. The lowest BCUT2D eigenvalue weighted by Crippen LogP contribution is -2.14. The number of carbonyl (C=O) groups is 1. The predicted molar refractivity (Wildman–Crippen MR) is 104 cm³/mol. The maximum absolute atomic E-state index is 12.6. The molecule has 8 heteroatoms. The van der Waals surface area contributed by atoms with Gasteiger partial charge in [-0.3, -0.25) is 14.9 Å². The number of amides is 1. The van der Waals surface area contributed by atoms with E-state index in [2.05, 4.69) is 5.32 Å². The molecular weight excluding hydrogens is 372 g/mol. The number of anilines is 1. The minimum Gasteiger partial charge on any atom is -0.490 e. The molecule has 0 saturated carbocycles. The Morgan fingerprint density at radius 2 is 1.96 bits per heavy atom. The first-order valence-corrected chi connectivity index (χ1v) is 8.90. The topological polar surface area (TPSA) is 90.7 Å². The van der Waals surface area contributed by atoms with E-state index in [0.717, 1.165) is 12.0 Å². The first kappa shape index (κ1) is 20.5. The molecule has 7 nitrogen and oxygen atoms in total. The largest absolute Gasteiger partial charge is 0.490 e. The number of halogens is 1. The predicted octanol–water partition coefficient (Wildman–Crippen LogP) is 5.00. The van der Waals surface area contributed by atoms with Crippen LogP contribution in [0.15, 0.2) is 30.3 Å². The van der Waals surface area contributed by atoms with E-state index in [0.29, 0.717) is 24.7 Å². The Labute approximate surface area is 162 Å². The van der Waals surface area contributed by atoms with Gasteiger partial charge in [0.15, 0.2) is 11.5 Å². The summed E-state index contributed by atoms with van der Waals surface area (Å²) in [5.41, 5.74) is 0.861. The lowest BCUT2D eigenvalue weighted by atomic mass is 10.1. The highest BCUT2D eigenvalue weighted by Gasteiger charge is 2.20. The van der Waals surface area contributed by atoms with Crippen LogP contribution in [0.3, 0.4) is 0 Å². The highest BCUT2D eigenvalue weighted by atomic mass is 35.5. The van der Waals surface area contributed by atoms with Gasteiger partial charge >= 0.3 is 0 Å². The summed E-state index contributed by atoms with van der Waals surface area (Å²) in [6, 6.07) is 7.54. The van der Waals surface area contributed by atoms with E-state index in [-0.39, 0.29) is 22.0 Å². The maximum atomic E-state index is 12.6. The van der Waals surface area contributed by atoms with Crippen LogP contribution >= 0.6 is 11.6 Å². The van der Waals surface area contributed by atoms with E-state index in [1.807, 2.05) is 6.92 Å². The van der Waals surface area contributed by atoms with Gasteiger partial charge in [-0.15, -0.1) is 0 Å². The summed E-state index contributed by atoms with van der Waals surface area (Å²) in [6.07, 6.45) is 0.793. The average Bonchev–Trinajstić information content (AvgIpc) is 2.62. The minimum absolute atomic E-state index is 0.107. The molecule has 2 rings (SSSR count). The minimum atomic E-state index is -0.539. The SMILES string of the molecule is CCCOc1c(Cl)cc(C(=O)Nc2ccc(C)cc2[N+](=O)[O-])cc1OCC. The zero-order valence-corrected chi connectivity index (χ0v) is 16.1. The number of benzene rings is 2. The van der Waals surface area contributed by atoms with Gasteiger partial charge in [0.25, 0.3) is 11.6 Å². The van der Waals surface area contributed by atoms with Crippen LogP contribution in [0.4, 0.5) is 11.4 Å². The van der Waals surface area contributed by atoms with Crippen molar-refractivity contribution in [3.05, 3.63) is 56.6 Å². The zero-order chi connectivity index (χ0) is 20.0. The van der Waals surface area contributed by atoms with Crippen LogP contribution in [0.5, 0.6) is 11.5 Å². The normalized spacial score (nSPS) is 10.4. The van der Waals surface area contributed by atoms with Gasteiger partial charge in [0.1, 0.15) is 5.69 Å². The van der Waals surface area contributed by atoms with E-state index in [1.54, 1.807) is 19.9 Å². The fourth-order valence-electron chi connectivity index (χ4n) is 2.40. The molecule has 2 aromatic carbocycles. The van der Waals surface area contributed by atoms with Gasteiger partial charge in [-0.2, -0.15) is 0 Å². The molecule has 0 saturated heterocycles. The molecule has 0 aliphatic heterocycles. The summed E-state index contributed by atoms with van der Waals surface area (Å²) in [7, 11) is 0. The van der Waals surface area contributed by atoms with Crippen LogP contribution in [0.1, 0.15) is 36.2 Å². The average molecular weight is 393 g/mol. The lowest BCUT2D eigenvalue weighted by Gasteiger charge is -2.15. The zero-order valence-electron chi connectivity index (χ0n) is 15.4. The molecule has 0 aromatic heterocycles. The van der Waals surface area contributed by atoms with E-state index in [4.69, 9.17) is 21.1 Å². The van der Waals surface area contributed by atoms with Gasteiger partial charge in [0.05, 0.1) is 23.2 Å². The second kappa shape index (κ2) is 9.23. The first-order valence-electron chi connectivity index (χ1n) is 8.52. The third kappa shape index (κ3) is 5.10. The van der Waals surface area contributed by atoms with Crippen LogP contribution in [-0.2, 0) is 0 Å². The quantitative estimate of drug-likeness (QED) is 0.504. The third-order valence-electron chi connectivity index (χ3n) is 3.62. The van der Waals surface area contributed by atoms with Gasteiger partial charge in [0, 0.05) is 11.6 Å². The van der Waals surface area contributed by atoms with E-state index < -0.39 is 10.8 Å². The highest BCUT2D eigenvalue weighted by molar-refractivity contribution is 6.32. The monoisotopic (exact) mass is 392 g/mol. The lowest BCUT2D eigenvalue weighted by molar-refractivity contribution is -0.384. The van der Waals surface area contributed by atoms with E-state index in [9.17, 15) is 14.9 Å². The van der Waals surface area contributed by atoms with Crippen LogP contribution in [0, 0.1) is 17.0 Å². The standard InChI is InChI=1S/C19H21ClN2O5/c1-4-8-27-18-14(20)10-13(11-17(18)26-5-2)19(23)21-15-7-6-12(3)9-16(15)22(24)25/h6-7,9-11H,4-5,8H2,1-3H3,(H,21,23). The Bertz CT molecular complexity index is 854. The second-order valence-electron chi connectivity index (χ2n) is 5.80. The number of nitrogens with one attached hydrogen (secondary N) is 1. The van der Waals surface area contributed by atoms with Crippen molar-refractivity contribution in [1.82, 2.24) is 0 Å². The van der Waals surface area contributed by atoms with Crippen LogP contribution in [0.25, 0.3) is 0 Å². The third-order valence-corrected chi connectivity index (χ3v) is 3.90. The van der Waals surface area contributed by atoms with E-state index >= 15 is 0 Å². The number of hydrogen-bond donors (Lipinski definition) is 1. The summed E-state index contributed by atoms with van der Waals surface area (Å²) in [6.45, 7) is 6.33. The van der Waals surface area contributed by atoms with E-state index in [1.165, 1.54) is 24.3 Å². The van der Waals surface area contributed by atoms with Crippen molar-refractivity contribution < 1.29 is 19.2 Å². The Morgan fingerprint density at radius 3 is 2.59 bits per heavy atom. The molecule has 27 heavy (non-hydrogen) atoms. The van der Waals surface area contributed by atoms with Crippen molar-refractivity contribution in [3.8, 4) is 11.5 Å². The number of nitrogens with zero attached hydrogens (tertiary/aromatic N) is 1. The van der Waals surface area contributed by atoms with Crippen LogP contribution < -0.4 is 14.8 Å². The fraction of sp³-hybridized carbons (Fsp3) is 0.316. The fourth-order valence-corrected chi connectivity index (χ4v) is 2.66. The molecule has 0 heterocycles. The molecule has 0 unspecified atom stereocenters. The second-order valence-corrected chi connectivity index (χ2v) is 6.21. The Morgan fingerprint density at radius 1 is 1.22 bits per heavy atom. The molecule has 1 amide bonds. The Balaban J connectivity index is 2.35. The van der Waals surface area contributed by atoms with Gasteiger partial charge in [-0.05, 0) is 44.0 Å².